The predicted molar refractivity (Wildman–Crippen MR) is 72.2 cm³/mol. The third-order valence-electron chi connectivity index (χ3n) is 2.74. The van der Waals surface area contributed by atoms with Crippen LogP contribution in [-0.2, 0) is 0 Å². The van der Waals surface area contributed by atoms with E-state index in [0.717, 1.165) is 18.1 Å². The van der Waals surface area contributed by atoms with Crippen LogP contribution in [0.1, 0.15) is 38.7 Å². The molecule has 1 N–H and O–H groups in total. The molecule has 0 radical (unpaired) electrons. The standard InChI is InChI=1S/C14H22ClN/c1-4-16-10-12(9-11(2)3)13-7-5-6-8-14(13)15/h5-8,11-12,16H,4,9-10H2,1-3H3. The number of halogens is 1. The van der Waals surface area contributed by atoms with E-state index in [9.17, 15) is 0 Å². The molecule has 1 aromatic rings. The largest absolute Gasteiger partial charge is 0.316 e. The minimum absolute atomic E-state index is 0.522. The highest BCUT2D eigenvalue weighted by Crippen LogP contribution is 2.28. The fourth-order valence-electron chi connectivity index (χ4n) is 2.01. The van der Waals surface area contributed by atoms with Gasteiger partial charge in [-0.15, -0.1) is 0 Å². The molecule has 1 atom stereocenters. The van der Waals surface area contributed by atoms with Gasteiger partial charge in [0.15, 0.2) is 0 Å². The summed E-state index contributed by atoms with van der Waals surface area (Å²) in [4.78, 5) is 0. The molecular formula is C14H22ClN. The van der Waals surface area contributed by atoms with Crippen LogP contribution >= 0.6 is 11.6 Å². The zero-order valence-corrected chi connectivity index (χ0v) is 11.2. The van der Waals surface area contributed by atoms with E-state index in [2.05, 4.69) is 38.2 Å². The highest BCUT2D eigenvalue weighted by Gasteiger charge is 2.15. The summed E-state index contributed by atoms with van der Waals surface area (Å²) >= 11 is 6.25. The summed E-state index contributed by atoms with van der Waals surface area (Å²) in [6.07, 6.45) is 1.18. The lowest BCUT2D eigenvalue weighted by molar-refractivity contribution is 0.475. The second-order valence-corrected chi connectivity index (χ2v) is 5.06. The summed E-state index contributed by atoms with van der Waals surface area (Å²) in [6, 6.07) is 8.19. The van der Waals surface area contributed by atoms with Crippen LogP contribution in [-0.4, -0.2) is 13.1 Å². The molecule has 0 aromatic heterocycles. The zero-order valence-electron chi connectivity index (χ0n) is 10.5. The Labute approximate surface area is 104 Å². The van der Waals surface area contributed by atoms with Crippen LogP contribution in [0.4, 0.5) is 0 Å². The van der Waals surface area contributed by atoms with Crippen molar-refractivity contribution in [3.8, 4) is 0 Å². The molecule has 2 heteroatoms. The molecule has 0 saturated carbocycles. The lowest BCUT2D eigenvalue weighted by Gasteiger charge is -2.20. The monoisotopic (exact) mass is 239 g/mol. The first-order valence-corrected chi connectivity index (χ1v) is 6.48. The molecular weight excluding hydrogens is 218 g/mol. The Kier molecular flexibility index (Phi) is 5.86. The maximum Gasteiger partial charge on any atom is 0.0441 e. The Morgan fingerprint density at radius 3 is 2.50 bits per heavy atom. The predicted octanol–water partition coefficient (Wildman–Crippen LogP) is 4.08. The van der Waals surface area contributed by atoms with E-state index >= 15 is 0 Å². The number of rotatable bonds is 6. The second kappa shape index (κ2) is 6.93. The van der Waals surface area contributed by atoms with Crippen LogP contribution < -0.4 is 5.32 Å². The highest BCUT2D eigenvalue weighted by atomic mass is 35.5. The Morgan fingerprint density at radius 1 is 1.25 bits per heavy atom. The fraction of sp³-hybridized carbons (Fsp3) is 0.571. The number of hydrogen-bond acceptors (Lipinski definition) is 1. The lowest BCUT2D eigenvalue weighted by atomic mass is 9.90. The first-order valence-electron chi connectivity index (χ1n) is 6.10. The fourth-order valence-corrected chi connectivity index (χ4v) is 2.30. The topological polar surface area (TPSA) is 12.0 Å². The third kappa shape index (κ3) is 4.15. The van der Waals surface area contributed by atoms with Crippen molar-refractivity contribution in [3.63, 3.8) is 0 Å². The van der Waals surface area contributed by atoms with Gasteiger partial charge in [-0.3, -0.25) is 0 Å². The normalized spacial score (nSPS) is 13.1. The summed E-state index contributed by atoms with van der Waals surface area (Å²) in [5.41, 5.74) is 1.28. The van der Waals surface area contributed by atoms with Crippen molar-refractivity contribution >= 4 is 11.6 Å². The first-order chi connectivity index (χ1) is 7.65. The first kappa shape index (κ1) is 13.5. The van der Waals surface area contributed by atoms with Crippen LogP contribution in [0.2, 0.25) is 5.02 Å². The van der Waals surface area contributed by atoms with Crippen LogP contribution in [0, 0.1) is 5.92 Å². The molecule has 1 nitrogen and oxygen atoms in total. The van der Waals surface area contributed by atoms with Gasteiger partial charge in [-0.1, -0.05) is 50.6 Å². The molecule has 90 valence electrons. The summed E-state index contributed by atoms with van der Waals surface area (Å²) in [7, 11) is 0. The highest BCUT2D eigenvalue weighted by molar-refractivity contribution is 6.31. The van der Waals surface area contributed by atoms with Gasteiger partial charge in [-0.2, -0.15) is 0 Å². The van der Waals surface area contributed by atoms with Gasteiger partial charge in [0.2, 0.25) is 0 Å². The van der Waals surface area contributed by atoms with Crippen LogP contribution in [0.5, 0.6) is 0 Å². The van der Waals surface area contributed by atoms with E-state index in [-0.39, 0.29) is 0 Å². The molecule has 1 unspecified atom stereocenters. The summed E-state index contributed by atoms with van der Waals surface area (Å²) in [6.45, 7) is 8.68. The van der Waals surface area contributed by atoms with Crippen molar-refractivity contribution < 1.29 is 0 Å². The molecule has 0 fully saturated rings. The number of likely N-dealkylation sites (N-methyl/N-ethyl adjacent to an activating group) is 1. The molecule has 0 aliphatic heterocycles. The maximum atomic E-state index is 6.25. The van der Waals surface area contributed by atoms with E-state index in [1.807, 2.05) is 12.1 Å². The second-order valence-electron chi connectivity index (χ2n) is 4.66. The molecule has 0 heterocycles. The van der Waals surface area contributed by atoms with E-state index < -0.39 is 0 Å². The Hall–Kier alpha value is -0.530. The molecule has 0 aliphatic carbocycles. The lowest BCUT2D eigenvalue weighted by Crippen LogP contribution is -2.22. The van der Waals surface area contributed by atoms with E-state index in [1.165, 1.54) is 12.0 Å². The van der Waals surface area contributed by atoms with Crippen molar-refractivity contribution in [3.05, 3.63) is 34.9 Å². The van der Waals surface area contributed by atoms with Gasteiger partial charge in [0.25, 0.3) is 0 Å². The molecule has 0 bridgehead atoms. The van der Waals surface area contributed by atoms with Gasteiger partial charge in [0, 0.05) is 11.6 Å². The average Bonchev–Trinajstić information content (AvgIpc) is 2.24. The summed E-state index contributed by atoms with van der Waals surface area (Å²) < 4.78 is 0. The van der Waals surface area contributed by atoms with Gasteiger partial charge in [0.1, 0.15) is 0 Å². The minimum Gasteiger partial charge on any atom is -0.316 e. The molecule has 0 spiro atoms. The smallest absolute Gasteiger partial charge is 0.0441 e. The Bertz CT molecular complexity index is 309. The van der Waals surface area contributed by atoms with Gasteiger partial charge in [-0.05, 0) is 36.4 Å². The molecule has 0 saturated heterocycles. The van der Waals surface area contributed by atoms with Gasteiger partial charge in [-0.25, -0.2) is 0 Å². The minimum atomic E-state index is 0.522. The summed E-state index contributed by atoms with van der Waals surface area (Å²) in [5.74, 6) is 1.22. The van der Waals surface area contributed by atoms with Crippen molar-refractivity contribution in [2.75, 3.05) is 13.1 Å². The van der Waals surface area contributed by atoms with Crippen LogP contribution in [0.25, 0.3) is 0 Å². The zero-order chi connectivity index (χ0) is 12.0. The average molecular weight is 240 g/mol. The van der Waals surface area contributed by atoms with Crippen molar-refractivity contribution in [1.29, 1.82) is 0 Å². The van der Waals surface area contributed by atoms with Gasteiger partial charge in [0.05, 0.1) is 0 Å². The van der Waals surface area contributed by atoms with Crippen molar-refractivity contribution in [2.24, 2.45) is 5.92 Å². The number of hydrogen-bond donors (Lipinski definition) is 1. The third-order valence-corrected chi connectivity index (χ3v) is 3.09. The van der Waals surface area contributed by atoms with Crippen molar-refractivity contribution in [2.45, 2.75) is 33.1 Å². The van der Waals surface area contributed by atoms with E-state index in [0.29, 0.717) is 11.8 Å². The Balaban J connectivity index is 2.78. The van der Waals surface area contributed by atoms with E-state index in [4.69, 9.17) is 11.6 Å². The van der Waals surface area contributed by atoms with Gasteiger partial charge < -0.3 is 5.32 Å². The van der Waals surface area contributed by atoms with Crippen LogP contribution in [0.3, 0.4) is 0 Å². The number of nitrogens with one attached hydrogen (secondary N) is 1. The molecule has 0 aliphatic rings. The molecule has 1 aromatic carbocycles. The Morgan fingerprint density at radius 2 is 1.94 bits per heavy atom. The number of benzene rings is 1. The van der Waals surface area contributed by atoms with Gasteiger partial charge >= 0.3 is 0 Å². The van der Waals surface area contributed by atoms with Crippen LogP contribution in [0.15, 0.2) is 24.3 Å². The SMILES string of the molecule is CCNCC(CC(C)C)c1ccccc1Cl. The maximum absolute atomic E-state index is 6.25. The summed E-state index contributed by atoms with van der Waals surface area (Å²) in [5, 5.41) is 4.32. The quantitative estimate of drug-likeness (QED) is 0.789. The molecule has 0 amide bonds. The molecule has 16 heavy (non-hydrogen) atoms. The van der Waals surface area contributed by atoms with E-state index in [1.54, 1.807) is 0 Å². The molecule has 1 rings (SSSR count). The van der Waals surface area contributed by atoms with Crippen molar-refractivity contribution in [1.82, 2.24) is 5.32 Å².